The lowest BCUT2D eigenvalue weighted by Crippen LogP contribution is -2.51. The average molecular weight is 332 g/mol. The van der Waals surface area contributed by atoms with E-state index in [1.54, 1.807) is 6.92 Å². The van der Waals surface area contributed by atoms with Crippen molar-refractivity contribution >= 4 is 18.9 Å². The molecule has 0 spiro atoms. The van der Waals surface area contributed by atoms with Crippen LogP contribution in [0.2, 0.25) is 0 Å². The molecule has 0 saturated carbocycles. The Labute approximate surface area is 143 Å². The van der Waals surface area contributed by atoms with Gasteiger partial charge in [0.1, 0.15) is 0 Å². The number of nitrogens with one attached hydrogen (secondary N) is 1. The fourth-order valence-corrected chi connectivity index (χ4v) is 2.44. The van der Waals surface area contributed by atoms with Gasteiger partial charge in [0.25, 0.3) is 0 Å². The highest BCUT2D eigenvalue weighted by atomic mass is 16.4. The minimum absolute atomic E-state index is 0.155. The van der Waals surface area contributed by atoms with Gasteiger partial charge in [-0.3, -0.25) is 9.59 Å². The molecular weight excluding hydrogens is 307 g/mol. The van der Waals surface area contributed by atoms with Gasteiger partial charge in [-0.05, 0) is 44.4 Å². The average Bonchev–Trinajstić information content (AvgIpc) is 2.53. The zero-order valence-corrected chi connectivity index (χ0v) is 14.5. The third kappa shape index (κ3) is 5.83. The molecule has 0 radical (unpaired) electrons. The van der Waals surface area contributed by atoms with Crippen molar-refractivity contribution in [3.05, 3.63) is 47.5 Å². The van der Waals surface area contributed by atoms with Crippen LogP contribution in [0.25, 0.3) is 0 Å². The number of carbonyl (C=O) groups excluding carboxylic acids is 2. The van der Waals surface area contributed by atoms with Gasteiger partial charge in [0.15, 0.2) is 0 Å². The molecule has 1 aromatic rings. The van der Waals surface area contributed by atoms with Crippen LogP contribution < -0.4 is 5.32 Å². The highest BCUT2D eigenvalue weighted by Gasteiger charge is 2.27. The lowest BCUT2D eigenvalue weighted by atomic mass is 9.75. The van der Waals surface area contributed by atoms with Gasteiger partial charge in [0.05, 0.1) is 12.5 Å². The number of hydrogen-bond acceptors (Lipinski definition) is 4. The summed E-state index contributed by atoms with van der Waals surface area (Å²) in [5.74, 6) is -1.64. The second-order valence-corrected chi connectivity index (χ2v) is 5.78. The van der Waals surface area contributed by atoms with E-state index in [9.17, 15) is 19.6 Å². The predicted octanol–water partition coefficient (Wildman–Crippen LogP) is 0.377. The molecule has 3 N–H and O–H groups in total. The molecule has 6 nitrogen and oxygen atoms in total. The number of benzene rings is 1. The summed E-state index contributed by atoms with van der Waals surface area (Å²) >= 11 is 0. The Balaban J connectivity index is 2.77. The maximum Gasteiger partial charge on any atom is 0.475 e. The molecule has 130 valence electrons. The number of hydrogen-bond donors (Lipinski definition) is 3. The SMILES string of the molecule is C=CC(=O)N(CC)CC(=O)NC(Cc1ccc(C)cc1C)B(O)O. The van der Waals surface area contributed by atoms with Gasteiger partial charge in [0, 0.05) is 6.54 Å². The molecule has 1 rings (SSSR count). The second-order valence-electron chi connectivity index (χ2n) is 5.78. The monoisotopic (exact) mass is 332 g/mol. The van der Waals surface area contributed by atoms with Gasteiger partial charge in [-0.25, -0.2) is 0 Å². The van der Waals surface area contributed by atoms with Crippen LogP contribution in [-0.2, 0) is 16.0 Å². The van der Waals surface area contributed by atoms with Crippen LogP contribution in [0.1, 0.15) is 23.6 Å². The van der Waals surface area contributed by atoms with Crippen LogP contribution in [0.5, 0.6) is 0 Å². The fraction of sp³-hybridized carbons (Fsp3) is 0.412. The first-order valence-electron chi connectivity index (χ1n) is 7.91. The summed E-state index contributed by atoms with van der Waals surface area (Å²) in [6, 6.07) is 5.85. The predicted molar refractivity (Wildman–Crippen MR) is 94.2 cm³/mol. The molecule has 1 atom stereocenters. The number of aryl methyl sites for hydroxylation is 2. The summed E-state index contributed by atoms with van der Waals surface area (Å²) < 4.78 is 0. The lowest BCUT2D eigenvalue weighted by molar-refractivity contribution is -0.132. The van der Waals surface area contributed by atoms with E-state index in [4.69, 9.17) is 0 Å². The van der Waals surface area contributed by atoms with Crippen LogP contribution in [0.15, 0.2) is 30.9 Å². The maximum absolute atomic E-state index is 12.1. The van der Waals surface area contributed by atoms with Gasteiger partial charge >= 0.3 is 7.12 Å². The van der Waals surface area contributed by atoms with E-state index < -0.39 is 19.0 Å². The summed E-state index contributed by atoms with van der Waals surface area (Å²) in [6.45, 7) is 9.27. The first-order valence-corrected chi connectivity index (χ1v) is 7.91. The number of rotatable bonds is 8. The zero-order chi connectivity index (χ0) is 18.3. The summed E-state index contributed by atoms with van der Waals surface area (Å²) in [5, 5.41) is 21.7. The summed E-state index contributed by atoms with van der Waals surface area (Å²) in [5.41, 5.74) is 3.06. The molecule has 0 aliphatic rings. The molecule has 7 heteroatoms. The third-order valence-electron chi connectivity index (χ3n) is 3.85. The molecule has 0 heterocycles. The van der Waals surface area contributed by atoms with Crippen LogP contribution in [0, 0.1) is 13.8 Å². The first-order chi connectivity index (χ1) is 11.3. The highest BCUT2D eigenvalue weighted by Crippen LogP contribution is 2.13. The first kappa shape index (κ1) is 19.9. The lowest BCUT2D eigenvalue weighted by Gasteiger charge is -2.22. The molecule has 1 unspecified atom stereocenters. The quantitative estimate of drug-likeness (QED) is 0.474. The van der Waals surface area contributed by atoms with Crippen LogP contribution in [-0.4, -0.2) is 52.9 Å². The van der Waals surface area contributed by atoms with Crippen molar-refractivity contribution in [3.8, 4) is 0 Å². The van der Waals surface area contributed by atoms with Crippen molar-refractivity contribution in [2.24, 2.45) is 0 Å². The van der Waals surface area contributed by atoms with Crippen molar-refractivity contribution in [3.63, 3.8) is 0 Å². The Morgan fingerprint density at radius 3 is 2.54 bits per heavy atom. The summed E-state index contributed by atoms with van der Waals surface area (Å²) in [6.07, 6.45) is 1.43. The number of amides is 2. The number of likely N-dealkylation sites (N-methyl/N-ethyl adjacent to an activating group) is 1. The van der Waals surface area contributed by atoms with E-state index in [-0.39, 0.29) is 18.9 Å². The number of nitrogens with zero attached hydrogens (tertiary/aromatic N) is 1. The van der Waals surface area contributed by atoms with Crippen molar-refractivity contribution in [1.82, 2.24) is 10.2 Å². The van der Waals surface area contributed by atoms with Crippen LogP contribution in [0.3, 0.4) is 0 Å². The Morgan fingerprint density at radius 2 is 2.04 bits per heavy atom. The molecule has 0 bridgehead atoms. The maximum atomic E-state index is 12.1. The Hall–Kier alpha value is -2.12. The number of carbonyl (C=O) groups is 2. The van der Waals surface area contributed by atoms with Crippen molar-refractivity contribution in [2.45, 2.75) is 33.1 Å². The van der Waals surface area contributed by atoms with E-state index in [1.807, 2.05) is 32.0 Å². The van der Waals surface area contributed by atoms with Gasteiger partial charge in [-0.2, -0.15) is 0 Å². The Bertz CT molecular complexity index is 604. The molecule has 0 saturated heterocycles. The van der Waals surface area contributed by atoms with Gasteiger partial charge in [0.2, 0.25) is 11.8 Å². The smallest absolute Gasteiger partial charge is 0.426 e. The van der Waals surface area contributed by atoms with Crippen LogP contribution in [0.4, 0.5) is 0 Å². The van der Waals surface area contributed by atoms with Crippen molar-refractivity contribution in [1.29, 1.82) is 0 Å². The molecule has 2 amide bonds. The summed E-state index contributed by atoms with van der Waals surface area (Å²) in [7, 11) is -1.69. The Morgan fingerprint density at radius 1 is 1.38 bits per heavy atom. The molecule has 24 heavy (non-hydrogen) atoms. The van der Waals surface area contributed by atoms with Gasteiger partial charge < -0.3 is 20.3 Å². The van der Waals surface area contributed by atoms with Gasteiger partial charge in [-0.1, -0.05) is 30.3 Å². The van der Waals surface area contributed by atoms with E-state index >= 15 is 0 Å². The molecule has 0 aliphatic heterocycles. The minimum Gasteiger partial charge on any atom is -0.426 e. The second kappa shape index (κ2) is 9.25. The molecule has 0 fully saturated rings. The van der Waals surface area contributed by atoms with Gasteiger partial charge in [-0.15, -0.1) is 0 Å². The molecular formula is C17H25BN2O4. The molecule has 0 aliphatic carbocycles. The van der Waals surface area contributed by atoms with E-state index in [0.29, 0.717) is 6.54 Å². The van der Waals surface area contributed by atoms with E-state index in [2.05, 4.69) is 11.9 Å². The topological polar surface area (TPSA) is 89.9 Å². The van der Waals surface area contributed by atoms with Crippen LogP contribution >= 0.6 is 0 Å². The highest BCUT2D eigenvalue weighted by molar-refractivity contribution is 6.43. The fourth-order valence-electron chi connectivity index (χ4n) is 2.44. The third-order valence-corrected chi connectivity index (χ3v) is 3.85. The largest absolute Gasteiger partial charge is 0.475 e. The van der Waals surface area contributed by atoms with E-state index in [0.717, 1.165) is 22.8 Å². The summed E-state index contributed by atoms with van der Waals surface area (Å²) in [4.78, 5) is 25.0. The van der Waals surface area contributed by atoms with Crippen molar-refractivity contribution < 1.29 is 19.6 Å². The molecule has 0 aromatic heterocycles. The van der Waals surface area contributed by atoms with Crippen molar-refractivity contribution in [2.75, 3.05) is 13.1 Å². The standard InChI is InChI=1S/C17H25BN2O4/c1-5-17(22)20(6-2)11-16(21)19-15(18(23)24)10-14-8-7-12(3)9-13(14)4/h5,7-9,15,23-24H,1,6,10-11H2,2-4H3,(H,19,21). The zero-order valence-electron chi connectivity index (χ0n) is 14.5. The molecule has 1 aromatic carbocycles. The minimum atomic E-state index is -1.69. The Kier molecular flexibility index (Phi) is 7.68. The van der Waals surface area contributed by atoms with E-state index in [1.165, 1.54) is 4.90 Å². The normalized spacial score (nSPS) is 11.5.